The lowest BCUT2D eigenvalue weighted by molar-refractivity contribution is -0.142. The molecule has 0 fully saturated rings. The smallest absolute Gasteiger partial charge is 0.319 e. The van der Waals surface area contributed by atoms with Crippen LogP contribution in [0.5, 0.6) is 5.75 Å². The van der Waals surface area contributed by atoms with Gasteiger partial charge in [-0.1, -0.05) is 12.1 Å². The Kier molecular flexibility index (Phi) is 6.22. The van der Waals surface area contributed by atoms with Gasteiger partial charge in [0.05, 0.1) is 19.3 Å². The van der Waals surface area contributed by atoms with Gasteiger partial charge in [0.1, 0.15) is 5.75 Å². The number of ether oxygens (including phenoxy) is 2. The number of hydrogen-bond donors (Lipinski definition) is 1. The standard InChI is InChI=1S/C14H21NO3/c1-4-17-14(16)10-15-9-12-5-7-13(8-6-12)18-11(2)3/h5-8,11,15H,4,9-10H2,1-3H3. The van der Waals surface area contributed by atoms with Gasteiger partial charge in [-0.05, 0) is 38.5 Å². The third kappa shape index (κ3) is 5.68. The van der Waals surface area contributed by atoms with Crippen molar-refractivity contribution in [2.24, 2.45) is 0 Å². The molecule has 0 atom stereocenters. The van der Waals surface area contributed by atoms with E-state index in [0.29, 0.717) is 13.2 Å². The number of carbonyl (C=O) groups is 1. The molecule has 1 N–H and O–H groups in total. The van der Waals surface area contributed by atoms with Gasteiger partial charge < -0.3 is 14.8 Å². The summed E-state index contributed by atoms with van der Waals surface area (Å²) in [6.45, 7) is 7.08. The molecule has 0 saturated heterocycles. The van der Waals surface area contributed by atoms with Gasteiger partial charge in [-0.15, -0.1) is 0 Å². The molecule has 0 bridgehead atoms. The first-order valence-electron chi connectivity index (χ1n) is 6.23. The molecule has 0 unspecified atom stereocenters. The van der Waals surface area contributed by atoms with Gasteiger partial charge in [-0.2, -0.15) is 0 Å². The molecule has 1 rings (SSSR count). The zero-order valence-corrected chi connectivity index (χ0v) is 11.2. The maximum Gasteiger partial charge on any atom is 0.319 e. The van der Waals surface area contributed by atoms with E-state index in [-0.39, 0.29) is 18.6 Å². The van der Waals surface area contributed by atoms with Gasteiger partial charge in [0.2, 0.25) is 0 Å². The number of benzene rings is 1. The Morgan fingerprint density at radius 2 is 1.94 bits per heavy atom. The molecule has 0 heterocycles. The van der Waals surface area contributed by atoms with Crippen LogP contribution >= 0.6 is 0 Å². The van der Waals surface area contributed by atoms with E-state index in [2.05, 4.69) is 5.32 Å². The molecule has 4 nitrogen and oxygen atoms in total. The lowest BCUT2D eigenvalue weighted by atomic mass is 10.2. The van der Waals surface area contributed by atoms with Crippen LogP contribution in [0.25, 0.3) is 0 Å². The SMILES string of the molecule is CCOC(=O)CNCc1ccc(OC(C)C)cc1. The van der Waals surface area contributed by atoms with Crippen LogP contribution in [0.3, 0.4) is 0 Å². The Balaban J connectivity index is 2.33. The fourth-order valence-electron chi connectivity index (χ4n) is 1.48. The molecule has 0 radical (unpaired) electrons. The Morgan fingerprint density at radius 3 is 2.50 bits per heavy atom. The van der Waals surface area contributed by atoms with E-state index in [1.807, 2.05) is 38.1 Å². The van der Waals surface area contributed by atoms with Crippen LogP contribution < -0.4 is 10.1 Å². The second kappa shape index (κ2) is 7.71. The third-order valence-corrected chi connectivity index (χ3v) is 2.20. The summed E-state index contributed by atoms with van der Waals surface area (Å²) in [7, 11) is 0. The quantitative estimate of drug-likeness (QED) is 0.754. The molecular weight excluding hydrogens is 230 g/mol. The summed E-state index contributed by atoms with van der Waals surface area (Å²) >= 11 is 0. The summed E-state index contributed by atoms with van der Waals surface area (Å²) in [5, 5.41) is 3.03. The second-order valence-corrected chi connectivity index (χ2v) is 4.22. The van der Waals surface area contributed by atoms with Crippen molar-refractivity contribution in [1.82, 2.24) is 5.32 Å². The fourth-order valence-corrected chi connectivity index (χ4v) is 1.48. The van der Waals surface area contributed by atoms with Crippen LogP contribution in [0.4, 0.5) is 0 Å². The van der Waals surface area contributed by atoms with Crippen LogP contribution in [0.1, 0.15) is 26.3 Å². The van der Waals surface area contributed by atoms with Crippen LogP contribution in [0.2, 0.25) is 0 Å². The van der Waals surface area contributed by atoms with Crippen molar-refractivity contribution < 1.29 is 14.3 Å². The fraction of sp³-hybridized carbons (Fsp3) is 0.500. The van der Waals surface area contributed by atoms with Gasteiger partial charge in [-0.25, -0.2) is 0 Å². The summed E-state index contributed by atoms with van der Waals surface area (Å²) in [4.78, 5) is 11.1. The first kappa shape index (κ1) is 14.5. The number of esters is 1. The van der Waals surface area contributed by atoms with E-state index in [1.54, 1.807) is 6.92 Å². The van der Waals surface area contributed by atoms with Crippen molar-refractivity contribution in [3.8, 4) is 5.75 Å². The molecular formula is C14H21NO3. The summed E-state index contributed by atoms with van der Waals surface area (Å²) in [6.07, 6.45) is 0.179. The molecule has 1 aromatic carbocycles. The Bertz CT molecular complexity index is 360. The van der Waals surface area contributed by atoms with Gasteiger partial charge in [0.25, 0.3) is 0 Å². The van der Waals surface area contributed by atoms with Gasteiger partial charge >= 0.3 is 5.97 Å². The van der Waals surface area contributed by atoms with E-state index in [4.69, 9.17) is 9.47 Å². The third-order valence-electron chi connectivity index (χ3n) is 2.20. The summed E-state index contributed by atoms with van der Waals surface area (Å²) in [5.74, 6) is 0.636. The molecule has 0 aliphatic carbocycles. The first-order chi connectivity index (χ1) is 8.61. The molecule has 0 amide bonds. The summed E-state index contributed by atoms with van der Waals surface area (Å²) in [5.41, 5.74) is 1.11. The molecule has 0 aliphatic rings. The van der Waals surface area contributed by atoms with Crippen molar-refractivity contribution in [3.63, 3.8) is 0 Å². The van der Waals surface area contributed by atoms with E-state index in [1.165, 1.54) is 0 Å². The maximum absolute atomic E-state index is 11.1. The zero-order valence-electron chi connectivity index (χ0n) is 11.2. The Morgan fingerprint density at radius 1 is 1.28 bits per heavy atom. The molecule has 0 aromatic heterocycles. The lowest BCUT2D eigenvalue weighted by Crippen LogP contribution is -2.24. The second-order valence-electron chi connectivity index (χ2n) is 4.22. The van der Waals surface area contributed by atoms with Gasteiger partial charge in [0, 0.05) is 6.54 Å². The van der Waals surface area contributed by atoms with Crippen LogP contribution in [0, 0.1) is 0 Å². The van der Waals surface area contributed by atoms with Gasteiger partial charge in [0.15, 0.2) is 0 Å². The van der Waals surface area contributed by atoms with E-state index in [0.717, 1.165) is 11.3 Å². The highest BCUT2D eigenvalue weighted by molar-refractivity contribution is 5.71. The normalized spacial score (nSPS) is 10.4. The first-order valence-corrected chi connectivity index (χ1v) is 6.23. The van der Waals surface area contributed by atoms with Gasteiger partial charge in [-0.3, -0.25) is 4.79 Å². The lowest BCUT2D eigenvalue weighted by Gasteiger charge is -2.10. The Labute approximate surface area is 108 Å². The molecule has 0 saturated carbocycles. The molecule has 0 spiro atoms. The number of hydrogen-bond acceptors (Lipinski definition) is 4. The number of nitrogens with one attached hydrogen (secondary N) is 1. The minimum atomic E-state index is -0.225. The minimum absolute atomic E-state index is 0.179. The number of rotatable bonds is 7. The molecule has 1 aromatic rings. The van der Waals surface area contributed by atoms with Crippen molar-refractivity contribution in [1.29, 1.82) is 0 Å². The Hall–Kier alpha value is -1.55. The topological polar surface area (TPSA) is 47.6 Å². The molecule has 4 heteroatoms. The monoisotopic (exact) mass is 251 g/mol. The van der Waals surface area contributed by atoms with Crippen molar-refractivity contribution in [2.45, 2.75) is 33.4 Å². The van der Waals surface area contributed by atoms with E-state index in [9.17, 15) is 4.79 Å². The minimum Gasteiger partial charge on any atom is -0.491 e. The summed E-state index contributed by atoms with van der Waals surface area (Å²) in [6, 6.07) is 7.83. The maximum atomic E-state index is 11.1. The highest BCUT2D eigenvalue weighted by Crippen LogP contribution is 2.13. The van der Waals surface area contributed by atoms with E-state index >= 15 is 0 Å². The zero-order chi connectivity index (χ0) is 13.4. The van der Waals surface area contributed by atoms with Crippen LogP contribution in [0.15, 0.2) is 24.3 Å². The average molecular weight is 251 g/mol. The van der Waals surface area contributed by atoms with Crippen molar-refractivity contribution in [2.75, 3.05) is 13.2 Å². The predicted molar refractivity (Wildman–Crippen MR) is 70.5 cm³/mol. The van der Waals surface area contributed by atoms with Crippen molar-refractivity contribution >= 4 is 5.97 Å². The molecule has 0 aliphatic heterocycles. The highest BCUT2D eigenvalue weighted by atomic mass is 16.5. The molecule has 100 valence electrons. The average Bonchev–Trinajstić information content (AvgIpc) is 2.31. The summed E-state index contributed by atoms with van der Waals surface area (Å²) < 4.78 is 10.4. The van der Waals surface area contributed by atoms with E-state index < -0.39 is 0 Å². The molecule has 18 heavy (non-hydrogen) atoms. The highest BCUT2D eigenvalue weighted by Gasteiger charge is 2.01. The largest absolute Gasteiger partial charge is 0.491 e. The van der Waals surface area contributed by atoms with Crippen LogP contribution in [-0.4, -0.2) is 25.2 Å². The predicted octanol–water partition coefficient (Wildman–Crippen LogP) is 2.13. The van der Waals surface area contributed by atoms with Crippen LogP contribution in [-0.2, 0) is 16.1 Å². The van der Waals surface area contributed by atoms with Crippen molar-refractivity contribution in [3.05, 3.63) is 29.8 Å². The number of carbonyl (C=O) groups excluding carboxylic acids is 1.